The molecule has 0 amide bonds. The molecule has 1 aromatic carbocycles. The molecule has 1 saturated heterocycles. The van der Waals surface area contributed by atoms with Crippen LogP contribution in [0.25, 0.3) is 0 Å². The predicted molar refractivity (Wildman–Crippen MR) is 69.6 cm³/mol. The molecule has 0 spiro atoms. The SMILES string of the molecule is Cc1cccc(CS(=O)(=O)N2CCC(=O)CC2)c1. The fourth-order valence-corrected chi connectivity index (χ4v) is 3.64. The number of carbonyl (C=O) groups is 1. The van der Waals surface area contributed by atoms with E-state index < -0.39 is 10.0 Å². The second-order valence-corrected chi connectivity index (χ2v) is 6.65. The monoisotopic (exact) mass is 267 g/mol. The molecular formula is C13H17NO3S. The Kier molecular flexibility index (Phi) is 3.82. The zero-order valence-electron chi connectivity index (χ0n) is 10.4. The zero-order valence-corrected chi connectivity index (χ0v) is 11.2. The van der Waals surface area contributed by atoms with Gasteiger partial charge >= 0.3 is 0 Å². The first-order valence-electron chi connectivity index (χ1n) is 6.02. The van der Waals surface area contributed by atoms with E-state index in [1.165, 1.54) is 4.31 Å². The van der Waals surface area contributed by atoms with Crippen molar-refractivity contribution in [1.29, 1.82) is 0 Å². The van der Waals surface area contributed by atoms with Gasteiger partial charge in [-0.25, -0.2) is 12.7 Å². The van der Waals surface area contributed by atoms with Crippen molar-refractivity contribution in [3.05, 3.63) is 35.4 Å². The molecule has 1 aliphatic rings. The van der Waals surface area contributed by atoms with Crippen LogP contribution >= 0.6 is 0 Å². The summed E-state index contributed by atoms with van der Waals surface area (Å²) in [5, 5.41) is 0. The summed E-state index contributed by atoms with van der Waals surface area (Å²) in [7, 11) is -3.30. The minimum Gasteiger partial charge on any atom is -0.300 e. The molecule has 1 aromatic rings. The highest BCUT2D eigenvalue weighted by Gasteiger charge is 2.26. The molecule has 0 aromatic heterocycles. The number of nitrogens with zero attached hydrogens (tertiary/aromatic N) is 1. The van der Waals surface area contributed by atoms with Crippen LogP contribution in [0.1, 0.15) is 24.0 Å². The quantitative estimate of drug-likeness (QED) is 0.833. The van der Waals surface area contributed by atoms with Gasteiger partial charge in [-0.15, -0.1) is 0 Å². The van der Waals surface area contributed by atoms with Crippen molar-refractivity contribution in [1.82, 2.24) is 4.31 Å². The maximum Gasteiger partial charge on any atom is 0.218 e. The Morgan fingerprint density at radius 2 is 1.89 bits per heavy atom. The maximum absolute atomic E-state index is 12.2. The molecule has 5 heteroatoms. The van der Waals surface area contributed by atoms with Crippen LogP contribution in [0.15, 0.2) is 24.3 Å². The Balaban J connectivity index is 2.10. The van der Waals surface area contributed by atoms with Gasteiger partial charge in [-0.3, -0.25) is 4.79 Å². The van der Waals surface area contributed by atoms with Crippen LogP contribution in [-0.2, 0) is 20.6 Å². The Bertz CT molecular complexity index is 541. The molecule has 4 nitrogen and oxygen atoms in total. The largest absolute Gasteiger partial charge is 0.300 e. The van der Waals surface area contributed by atoms with Crippen LogP contribution in [-0.4, -0.2) is 31.6 Å². The van der Waals surface area contributed by atoms with Gasteiger partial charge in [-0.1, -0.05) is 29.8 Å². The standard InChI is InChI=1S/C13H17NO3S/c1-11-3-2-4-12(9-11)10-18(16,17)14-7-5-13(15)6-8-14/h2-4,9H,5-8,10H2,1H3. The van der Waals surface area contributed by atoms with Gasteiger partial charge in [0.2, 0.25) is 10.0 Å². The fraction of sp³-hybridized carbons (Fsp3) is 0.462. The second kappa shape index (κ2) is 5.20. The average Bonchev–Trinajstić information content (AvgIpc) is 2.29. The third-order valence-electron chi connectivity index (χ3n) is 3.11. The number of benzene rings is 1. The molecule has 1 heterocycles. The van der Waals surface area contributed by atoms with E-state index in [4.69, 9.17) is 0 Å². The van der Waals surface area contributed by atoms with E-state index in [0.717, 1.165) is 11.1 Å². The normalized spacial score (nSPS) is 17.9. The Morgan fingerprint density at radius 3 is 2.50 bits per heavy atom. The molecule has 18 heavy (non-hydrogen) atoms. The highest BCUT2D eigenvalue weighted by molar-refractivity contribution is 7.88. The summed E-state index contributed by atoms with van der Waals surface area (Å²) in [5.74, 6) is 0.167. The predicted octanol–water partition coefficient (Wildman–Crippen LogP) is 1.49. The molecule has 0 atom stereocenters. The molecule has 2 rings (SSSR count). The highest BCUT2D eigenvalue weighted by atomic mass is 32.2. The van der Waals surface area contributed by atoms with Crippen molar-refractivity contribution in [3.8, 4) is 0 Å². The van der Waals surface area contributed by atoms with Crippen molar-refractivity contribution in [3.63, 3.8) is 0 Å². The van der Waals surface area contributed by atoms with Gasteiger partial charge in [0.15, 0.2) is 0 Å². The summed E-state index contributed by atoms with van der Waals surface area (Å²) in [4.78, 5) is 11.1. The number of Topliss-reactive ketones (excluding diaryl/α,β-unsaturated/α-hetero) is 1. The number of aryl methyl sites for hydroxylation is 1. The number of hydrogen-bond donors (Lipinski definition) is 0. The van der Waals surface area contributed by atoms with E-state index in [-0.39, 0.29) is 11.5 Å². The minimum absolute atomic E-state index is 0.0167. The summed E-state index contributed by atoms with van der Waals surface area (Å²) in [6.45, 7) is 2.59. The molecule has 0 N–H and O–H groups in total. The summed E-state index contributed by atoms with van der Waals surface area (Å²) >= 11 is 0. The van der Waals surface area contributed by atoms with Gasteiger partial charge < -0.3 is 0 Å². The van der Waals surface area contributed by atoms with Crippen molar-refractivity contribution in [2.45, 2.75) is 25.5 Å². The van der Waals surface area contributed by atoms with Crippen molar-refractivity contribution < 1.29 is 13.2 Å². The Labute approximate surface area is 108 Å². The maximum atomic E-state index is 12.2. The molecule has 1 aliphatic heterocycles. The van der Waals surface area contributed by atoms with Crippen LogP contribution in [0.3, 0.4) is 0 Å². The van der Waals surface area contributed by atoms with Crippen LogP contribution in [0.5, 0.6) is 0 Å². The molecule has 0 radical (unpaired) electrons. The van der Waals surface area contributed by atoms with E-state index in [0.29, 0.717) is 25.9 Å². The number of sulfonamides is 1. The summed E-state index contributed by atoms with van der Waals surface area (Å²) < 4.78 is 25.8. The minimum atomic E-state index is -3.30. The number of rotatable bonds is 3. The zero-order chi connectivity index (χ0) is 13.2. The molecule has 0 bridgehead atoms. The highest BCUT2D eigenvalue weighted by Crippen LogP contribution is 2.16. The molecule has 0 saturated carbocycles. The lowest BCUT2D eigenvalue weighted by Gasteiger charge is -2.25. The summed E-state index contributed by atoms with van der Waals surface area (Å²) in [6.07, 6.45) is 0.681. The van der Waals surface area contributed by atoms with Gasteiger partial charge in [0, 0.05) is 25.9 Å². The van der Waals surface area contributed by atoms with Crippen molar-refractivity contribution in [2.75, 3.05) is 13.1 Å². The first kappa shape index (κ1) is 13.2. The molecule has 1 fully saturated rings. The molecule has 0 unspecified atom stereocenters. The van der Waals surface area contributed by atoms with Gasteiger partial charge in [0.05, 0.1) is 5.75 Å². The summed E-state index contributed by atoms with van der Waals surface area (Å²) in [6, 6.07) is 7.50. The Hall–Kier alpha value is -1.20. The summed E-state index contributed by atoms with van der Waals surface area (Å²) in [5.41, 5.74) is 1.85. The third kappa shape index (κ3) is 3.17. The van der Waals surface area contributed by atoms with Crippen molar-refractivity contribution in [2.24, 2.45) is 0 Å². The first-order chi connectivity index (χ1) is 8.47. The van der Waals surface area contributed by atoms with Gasteiger partial charge in [0.25, 0.3) is 0 Å². The van der Waals surface area contributed by atoms with Crippen LogP contribution in [0.2, 0.25) is 0 Å². The Morgan fingerprint density at radius 1 is 1.22 bits per heavy atom. The van der Waals surface area contributed by atoms with Crippen molar-refractivity contribution >= 4 is 15.8 Å². The number of ketones is 1. The van der Waals surface area contributed by atoms with E-state index in [1.54, 1.807) is 0 Å². The number of carbonyl (C=O) groups excluding carboxylic acids is 1. The smallest absolute Gasteiger partial charge is 0.218 e. The van der Waals surface area contributed by atoms with Crippen LogP contribution in [0.4, 0.5) is 0 Å². The van der Waals surface area contributed by atoms with Gasteiger partial charge in [-0.05, 0) is 12.5 Å². The van der Waals surface area contributed by atoms with Gasteiger partial charge in [-0.2, -0.15) is 0 Å². The number of piperidine rings is 1. The lowest BCUT2D eigenvalue weighted by atomic mass is 10.1. The number of hydrogen-bond acceptors (Lipinski definition) is 3. The second-order valence-electron chi connectivity index (χ2n) is 4.68. The topological polar surface area (TPSA) is 54.5 Å². The van der Waals surface area contributed by atoms with E-state index in [2.05, 4.69) is 0 Å². The lowest BCUT2D eigenvalue weighted by Crippen LogP contribution is -2.39. The average molecular weight is 267 g/mol. The van der Waals surface area contributed by atoms with Crippen LogP contribution in [0, 0.1) is 6.92 Å². The molecule has 0 aliphatic carbocycles. The third-order valence-corrected chi connectivity index (χ3v) is 4.96. The first-order valence-corrected chi connectivity index (χ1v) is 7.63. The molecule has 98 valence electrons. The molecular weight excluding hydrogens is 250 g/mol. The van der Waals surface area contributed by atoms with E-state index in [1.807, 2.05) is 31.2 Å². The van der Waals surface area contributed by atoms with Crippen LogP contribution < -0.4 is 0 Å². The van der Waals surface area contributed by atoms with E-state index >= 15 is 0 Å². The lowest BCUT2D eigenvalue weighted by molar-refractivity contribution is -0.120. The fourth-order valence-electron chi connectivity index (χ4n) is 2.12. The van der Waals surface area contributed by atoms with Gasteiger partial charge in [0.1, 0.15) is 5.78 Å². The van der Waals surface area contributed by atoms with E-state index in [9.17, 15) is 13.2 Å².